The quantitative estimate of drug-likeness (QED) is 0.569. The summed E-state index contributed by atoms with van der Waals surface area (Å²) in [6.45, 7) is 5.11. The predicted molar refractivity (Wildman–Crippen MR) is 59.6 cm³/mol. The van der Waals surface area contributed by atoms with Crippen molar-refractivity contribution in [3.63, 3.8) is 0 Å². The van der Waals surface area contributed by atoms with Crippen LogP contribution in [0.2, 0.25) is 0 Å². The number of amides is 1. The monoisotopic (exact) mass is 212 g/mol. The van der Waals surface area contributed by atoms with Crippen LogP contribution in [0.1, 0.15) is 12.8 Å². The molecule has 15 heavy (non-hydrogen) atoms. The van der Waals surface area contributed by atoms with E-state index in [4.69, 9.17) is 4.74 Å². The van der Waals surface area contributed by atoms with E-state index < -0.39 is 0 Å². The van der Waals surface area contributed by atoms with Gasteiger partial charge in [-0.1, -0.05) is 6.08 Å². The molecular weight excluding hydrogens is 192 g/mol. The van der Waals surface area contributed by atoms with Gasteiger partial charge in [0.2, 0.25) is 5.91 Å². The molecule has 0 aromatic carbocycles. The fourth-order valence-electron chi connectivity index (χ4n) is 1.51. The number of hydrogen-bond donors (Lipinski definition) is 2. The van der Waals surface area contributed by atoms with Crippen molar-refractivity contribution >= 4 is 5.91 Å². The summed E-state index contributed by atoms with van der Waals surface area (Å²) in [7, 11) is 1.69. The zero-order chi connectivity index (χ0) is 11.1. The number of rotatable bonds is 8. The highest BCUT2D eigenvalue weighted by Crippen LogP contribution is 2.32. The lowest BCUT2D eigenvalue weighted by Gasteiger charge is -2.16. The van der Waals surface area contributed by atoms with E-state index >= 15 is 0 Å². The molecule has 0 aromatic rings. The molecule has 1 atom stereocenters. The van der Waals surface area contributed by atoms with Crippen LogP contribution in [0.3, 0.4) is 0 Å². The molecule has 1 unspecified atom stereocenters. The molecule has 4 nitrogen and oxygen atoms in total. The third-order valence-electron chi connectivity index (χ3n) is 2.51. The second kappa shape index (κ2) is 6.58. The van der Waals surface area contributed by atoms with Crippen molar-refractivity contribution in [2.75, 3.05) is 26.8 Å². The van der Waals surface area contributed by atoms with Crippen LogP contribution in [0.15, 0.2) is 12.7 Å². The largest absolute Gasteiger partial charge is 0.383 e. The Morgan fingerprint density at radius 2 is 2.40 bits per heavy atom. The average molecular weight is 212 g/mol. The number of hydrogen-bond acceptors (Lipinski definition) is 3. The zero-order valence-electron chi connectivity index (χ0n) is 9.29. The lowest BCUT2D eigenvalue weighted by atomic mass is 10.2. The van der Waals surface area contributed by atoms with Crippen LogP contribution >= 0.6 is 0 Å². The Morgan fingerprint density at radius 3 is 2.93 bits per heavy atom. The molecule has 2 N–H and O–H groups in total. The summed E-state index contributed by atoms with van der Waals surface area (Å²) < 4.78 is 5.11. The summed E-state index contributed by atoms with van der Waals surface area (Å²) >= 11 is 0. The molecule has 0 spiro atoms. The topological polar surface area (TPSA) is 50.4 Å². The van der Waals surface area contributed by atoms with Crippen LogP contribution in [0.4, 0.5) is 0 Å². The smallest absolute Gasteiger partial charge is 0.234 e. The first kappa shape index (κ1) is 12.2. The van der Waals surface area contributed by atoms with E-state index in [2.05, 4.69) is 17.2 Å². The molecule has 1 aliphatic rings. The average Bonchev–Trinajstić information content (AvgIpc) is 3.04. The molecule has 86 valence electrons. The van der Waals surface area contributed by atoms with Gasteiger partial charge in [0.05, 0.1) is 13.2 Å². The van der Waals surface area contributed by atoms with Gasteiger partial charge in [-0.25, -0.2) is 0 Å². The molecule has 4 heteroatoms. The van der Waals surface area contributed by atoms with Gasteiger partial charge < -0.3 is 15.4 Å². The van der Waals surface area contributed by atoms with Crippen molar-refractivity contribution in [1.82, 2.24) is 10.6 Å². The molecule has 0 bridgehead atoms. The molecule has 0 saturated heterocycles. The molecule has 1 rings (SSSR count). The summed E-state index contributed by atoms with van der Waals surface area (Å²) in [5, 5.41) is 5.95. The van der Waals surface area contributed by atoms with Gasteiger partial charge in [0.15, 0.2) is 0 Å². The first-order valence-corrected chi connectivity index (χ1v) is 5.37. The highest BCUT2D eigenvalue weighted by atomic mass is 16.5. The van der Waals surface area contributed by atoms with E-state index in [1.165, 1.54) is 12.8 Å². The molecule has 0 radical (unpaired) electrons. The first-order valence-electron chi connectivity index (χ1n) is 5.37. The van der Waals surface area contributed by atoms with Gasteiger partial charge >= 0.3 is 0 Å². The predicted octanol–water partition coefficient (Wildman–Crippen LogP) is 0.303. The Morgan fingerprint density at radius 1 is 1.67 bits per heavy atom. The summed E-state index contributed by atoms with van der Waals surface area (Å²) in [5.74, 6) is 0.703. The number of carbonyl (C=O) groups is 1. The SMILES string of the molecule is C=CCNC(=O)CNC(COC)C1CC1. The summed E-state index contributed by atoms with van der Waals surface area (Å²) in [6, 6.07) is 0.324. The normalized spacial score (nSPS) is 17.1. The maximum Gasteiger partial charge on any atom is 0.234 e. The fourth-order valence-corrected chi connectivity index (χ4v) is 1.51. The van der Waals surface area contributed by atoms with E-state index in [0.29, 0.717) is 31.7 Å². The first-order chi connectivity index (χ1) is 7.27. The molecule has 1 aliphatic carbocycles. The second-order valence-corrected chi connectivity index (χ2v) is 3.87. The van der Waals surface area contributed by atoms with Gasteiger partial charge in [-0.2, -0.15) is 0 Å². The summed E-state index contributed by atoms with van der Waals surface area (Å²) in [6.07, 6.45) is 4.16. The maximum absolute atomic E-state index is 11.3. The fraction of sp³-hybridized carbons (Fsp3) is 0.727. The third-order valence-corrected chi connectivity index (χ3v) is 2.51. The molecule has 0 heterocycles. The molecular formula is C11H20N2O2. The van der Waals surface area contributed by atoms with E-state index in [9.17, 15) is 4.79 Å². The Bertz CT molecular complexity index is 215. The van der Waals surface area contributed by atoms with Crippen molar-refractivity contribution < 1.29 is 9.53 Å². The van der Waals surface area contributed by atoms with Crippen molar-refractivity contribution in [2.45, 2.75) is 18.9 Å². The van der Waals surface area contributed by atoms with Crippen LogP contribution < -0.4 is 10.6 Å². The standard InChI is InChI=1S/C11H20N2O2/c1-3-6-12-11(14)7-13-10(8-15-2)9-4-5-9/h3,9-10,13H,1,4-8H2,2H3,(H,12,14). The Kier molecular flexibility index (Phi) is 5.36. The van der Waals surface area contributed by atoms with Crippen molar-refractivity contribution in [1.29, 1.82) is 0 Å². The Hall–Kier alpha value is -0.870. The molecule has 1 amide bonds. The third kappa shape index (κ3) is 4.95. The lowest BCUT2D eigenvalue weighted by molar-refractivity contribution is -0.120. The van der Waals surface area contributed by atoms with Crippen molar-refractivity contribution in [3.05, 3.63) is 12.7 Å². The van der Waals surface area contributed by atoms with E-state index in [0.717, 1.165) is 0 Å². The number of carbonyl (C=O) groups excluding carboxylic acids is 1. The van der Waals surface area contributed by atoms with Crippen molar-refractivity contribution in [2.24, 2.45) is 5.92 Å². The lowest BCUT2D eigenvalue weighted by Crippen LogP contribution is -2.42. The van der Waals surface area contributed by atoms with E-state index in [1.54, 1.807) is 13.2 Å². The van der Waals surface area contributed by atoms with E-state index in [-0.39, 0.29) is 5.91 Å². The minimum atomic E-state index is 0.0108. The van der Waals surface area contributed by atoms with Gasteiger partial charge in [-0.15, -0.1) is 6.58 Å². The minimum Gasteiger partial charge on any atom is -0.383 e. The molecule has 0 aromatic heterocycles. The van der Waals surface area contributed by atoms with Gasteiger partial charge in [-0.05, 0) is 18.8 Å². The number of nitrogens with one attached hydrogen (secondary N) is 2. The minimum absolute atomic E-state index is 0.0108. The Balaban J connectivity index is 2.14. The maximum atomic E-state index is 11.3. The van der Waals surface area contributed by atoms with Gasteiger partial charge in [0.1, 0.15) is 0 Å². The zero-order valence-corrected chi connectivity index (χ0v) is 9.29. The Labute approximate surface area is 91.1 Å². The van der Waals surface area contributed by atoms with Crippen LogP contribution in [0.5, 0.6) is 0 Å². The highest BCUT2D eigenvalue weighted by Gasteiger charge is 2.30. The molecule has 1 saturated carbocycles. The summed E-state index contributed by atoms with van der Waals surface area (Å²) in [4.78, 5) is 11.3. The second-order valence-electron chi connectivity index (χ2n) is 3.87. The van der Waals surface area contributed by atoms with Gasteiger partial charge in [0, 0.05) is 19.7 Å². The van der Waals surface area contributed by atoms with Crippen LogP contribution in [-0.2, 0) is 9.53 Å². The van der Waals surface area contributed by atoms with Crippen LogP contribution in [0.25, 0.3) is 0 Å². The highest BCUT2D eigenvalue weighted by molar-refractivity contribution is 5.78. The van der Waals surface area contributed by atoms with Crippen LogP contribution in [0, 0.1) is 5.92 Å². The van der Waals surface area contributed by atoms with Gasteiger partial charge in [-0.3, -0.25) is 4.79 Å². The summed E-state index contributed by atoms with van der Waals surface area (Å²) in [5.41, 5.74) is 0. The number of methoxy groups -OCH3 is 1. The van der Waals surface area contributed by atoms with Crippen LogP contribution in [-0.4, -0.2) is 38.8 Å². The van der Waals surface area contributed by atoms with Gasteiger partial charge in [0.25, 0.3) is 0 Å². The molecule has 1 fully saturated rings. The van der Waals surface area contributed by atoms with Crippen molar-refractivity contribution in [3.8, 4) is 0 Å². The number of ether oxygens (including phenoxy) is 1. The molecule has 0 aliphatic heterocycles. The van der Waals surface area contributed by atoms with E-state index in [1.807, 2.05) is 0 Å².